The molecule has 0 radical (unpaired) electrons. The second-order valence-electron chi connectivity index (χ2n) is 8.30. The van der Waals surface area contributed by atoms with E-state index in [9.17, 15) is 10.2 Å². The zero-order chi connectivity index (χ0) is 23.3. The molecule has 1 aliphatic rings. The monoisotopic (exact) mass is 451 g/mol. The Kier molecular flexibility index (Phi) is 6.97. The fourth-order valence-corrected chi connectivity index (χ4v) is 3.91. The average molecular weight is 452 g/mol. The molecule has 2 aromatic heterocycles. The van der Waals surface area contributed by atoms with Gasteiger partial charge in [-0.15, -0.1) is 0 Å². The number of nitrogens with two attached hydrogens (primary N) is 1. The van der Waals surface area contributed by atoms with Gasteiger partial charge in [-0.3, -0.25) is 5.10 Å². The van der Waals surface area contributed by atoms with Gasteiger partial charge in [-0.1, -0.05) is 30.3 Å². The Morgan fingerprint density at radius 2 is 1.94 bits per heavy atom. The molecule has 10 nitrogen and oxygen atoms in total. The van der Waals surface area contributed by atoms with Gasteiger partial charge in [0, 0.05) is 13.0 Å². The van der Waals surface area contributed by atoms with Gasteiger partial charge >= 0.3 is 0 Å². The number of aliphatic hydroxyl groups is 3. The van der Waals surface area contributed by atoms with E-state index in [1.54, 1.807) is 10.9 Å². The lowest BCUT2D eigenvalue weighted by molar-refractivity contribution is -0.184. The van der Waals surface area contributed by atoms with Crippen molar-refractivity contribution in [3.05, 3.63) is 59.8 Å². The van der Waals surface area contributed by atoms with Crippen LogP contribution in [0.15, 0.2) is 42.9 Å². The highest BCUT2D eigenvalue weighted by atomic mass is 16.5. The Balaban J connectivity index is 1.46. The quantitative estimate of drug-likeness (QED) is 0.323. The van der Waals surface area contributed by atoms with Gasteiger partial charge < -0.3 is 21.1 Å². The number of nitrogens with one attached hydrogen (secondary N) is 1. The zero-order valence-corrected chi connectivity index (χ0v) is 18.4. The molecule has 0 saturated carbocycles. The SMILES string of the molecule is Nc1nc(C2=CCCC2)[nH]ncnc2c1cnn2CCCc1ccc(CC(O)(O)CO)cc1. The van der Waals surface area contributed by atoms with E-state index in [1.807, 2.05) is 24.3 Å². The maximum atomic E-state index is 9.59. The predicted octanol–water partition coefficient (Wildman–Crippen LogP) is 1.67. The lowest BCUT2D eigenvalue weighted by atomic mass is 10.0. The highest BCUT2D eigenvalue weighted by molar-refractivity contribution is 5.84. The third kappa shape index (κ3) is 5.72. The third-order valence-corrected chi connectivity index (χ3v) is 5.67. The number of aryl methyl sites for hydroxylation is 2. The van der Waals surface area contributed by atoms with E-state index in [4.69, 9.17) is 10.8 Å². The molecule has 33 heavy (non-hydrogen) atoms. The van der Waals surface area contributed by atoms with Gasteiger partial charge in [0.25, 0.3) is 0 Å². The van der Waals surface area contributed by atoms with Crippen molar-refractivity contribution in [2.45, 2.75) is 50.9 Å². The molecule has 174 valence electrons. The van der Waals surface area contributed by atoms with E-state index >= 15 is 0 Å². The molecule has 4 rings (SSSR count). The van der Waals surface area contributed by atoms with Crippen molar-refractivity contribution in [3.8, 4) is 0 Å². The van der Waals surface area contributed by atoms with Gasteiger partial charge in [-0.05, 0) is 48.8 Å². The zero-order valence-electron chi connectivity index (χ0n) is 18.4. The molecule has 2 heterocycles. The highest BCUT2D eigenvalue weighted by Crippen LogP contribution is 2.25. The van der Waals surface area contributed by atoms with E-state index in [-0.39, 0.29) is 6.42 Å². The maximum Gasteiger partial charge on any atom is 0.190 e. The number of nitrogen functional groups attached to an aromatic ring is 1. The Labute approximate surface area is 191 Å². The van der Waals surface area contributed by atoms with Gasteiger partial charge in [0.15, 0.2) is 17.3 Å². The largest absolute Gasteiger partial charge is 0.391 e. The van der Waals surface area contributed by atoms with Gasteiger partial charge in [-0.2, -0.15) is 10.2 Å². The first-order valence-corrected chi connectivity index (χ1v) is 11.0. The summed E-state index contributed by atoms with van der Waals surface area (Å²) in [6.07, 6.45) is 9.96. The van der Waals surface area contributed by atoms with E-state index in [0.29, 0.717) is 29.2 Å². The first-order chi connectivity index (χ1) is 15.9. The number of allylic oxidation sites excluding steroid dienone is 2. The number of hydrogen-bond acceptors (Lipinski definition) is 8. The summed E-state index contributed by atoms with van der Waals surface area (Å²) < 4.78 is 1.80. The van der Waals surface area contributed by atoms with Gasteiger partial charge in [0.1, 0.15) is 12.1 Å². The molecule has 0 aliphatic heterocycles. The maximum absolute atomic E-state index is 9.59. The molecule has 0 atom stereocenters. The van der Waals surface area contributed by atoms with Crippen molar-refractivity contribution in [3.63, 3.8) is 0 Å². The number of fused-ring (bicyclic) bond motifs is 1. The molecule has 10 heteroatoms. The van der Waals surface area contributed by atoms with E-state index < -0.39 is 12.4 Å². The number of anilines is 1. The van der Waals surface area contributed by atoms with Crippen molar-refractivity contribution in [1.29, 1.82) is 0 Å². The van der Waals surface area contributed by atoms with E-state index in [1.165, 1.54) is 6.33 Å². The fourth-order valence-electron chi connectivity index (χ4n) is 3.91. The molecule has 0 saturated heterocycles. The number of aromatic amines is 1. The van der Waals surface area contributed by atoms with E-state index in [2.05, 4.69) is 31.3 Å². The first kappa shape index (κ1) is 22.8. The minimum atomic E-state index is -2.10. The summed E-state index contributed by atoms with van der Waals surface area (Å²) in [5.74, 6) is -1.10. The van der Waals surface area contributed by atoms with Crippen molar-refractivity contribution in [2.24, 2.45) is 0 Å². The molecule has 0 unspecified atom stereocenters. The Morgan fingerprint density at radius 3 is 2.67 bits per heavy atom. The summed E-state index contributed by atoms with van der Waals surface area (Å²) in [5, 5.41) is 40.4. The standard InChI is InChI=1S/C23H29N7O3/c24-20-19-13-27-30(22(19)25-15-26-29-21(28-20)18-5-1-2-6-18)11-3-4-16-7-9-17(10-8-16)12-23(32,33)14-31/h5,7-10,13,15,31-33H,1-4,6,11-12,14,24H2,(H,28,29). The van der Waals surface area contributed by atoms with Gasteiger partial charge in [-0.25, -0.2) is 14.6 Å². The van der Waals surface area contributed by atoms with Crippen LogP contribution in [0, 0.1) is 0 Å². The molecular formula is C23H29N7O3. The van der Waals surface area contributed by atoms with Crippen molar-refractivity contribution in [2.75, 3.05) is 12.3 Å². The first-order valence-electron chi connectivity index (χ1n) is 11.0. The lowest BCUT2D eigenvalue weighted by Gasteiger charge is -2.18. The van der Waals surface area contributed by atoms with Crippen LogP contribution in [0.2, 0.25) is 0 Å². The third-order valence-electron chi connectivity index (χ3n) is 5.67. The summed E-state index contributed by atoms with van der Waals surface area (Å²) >= 11 is 0. The van der Waals surface area contributed by atoms with Crippen LogP contribution in [0.5, 0.6) is 0 Å². The van der Waals surface area contributed by atoms with Crippen LogP contribution in [-0.2, 0) is 19.4 Å². The molecule has 6 N–H and O–H groups in total. The van der Waals surface area contributed by atoms with Crippen LogP contribution in [-0.4, -0.2) is 57.7 Å². The summed E-state index contributed by atoms with van der Waals surface area (Å²) in [7, 11) is 0. The molecule has 0 bridgehead atoms. The average Bonchev–Trinajstić information content (AvgIpc) is 3.47. The molecular weight excluding hydrogens is 422 g/mol. The van der Waals surface area contributed by atoms with Crippen LogP contribution in [0.1, 0.15) is 42.6 Å². The van der Waals surface area contributed by atoms with Crippen LogP contribution in [0.4, 0.5) is 5.82 Å². The van der Waals surface area contributed by atoms with Gasteiger partial charge in [0.05, 0.1) is 18.2 Å². The predicted molar refractivity (Wildman–Crippen MR) is 124 cm³/mol. The van der Waals surface area contributed by atoms with E-state index in [0.717, 1.165) is 48.8 Å². The Hall–Kier alpha value is -3.34. The summed E-state index contributed by atoms with van der Waals surface area (Å²) in [6, 6.07) is 7.57. The molecule has 0 fully saturated rings. The van der Waals surface area contributed by atoms with Crippen LogP contribution >= 0.6 is 0 Å². The normalized spacial score (nSPS) is 13.8. The summed E-state index contributed by atoms with van der Waals surface area (Å²) in [6.45, 7) is -0.0705. The summed E-state index contributed by atoms with van der Waals surface area (Å²) in [4.78, 5) is 9.00. The second-order valence-corrected chi connectivity index (χ2v) is 8.30. The number of rotatable bonds is 8. The molecule has 0 spiro atoms. The van der Waals surface area contributed by atoms with Crippen molar-refractivity contribution >= 4 is 22.4 Å². The summed E-state index contributed by atoms with van der Waals surface area (Å²) in [5.41, 5.74) is 9.87. The number of aliphatic hydroxyl groups excluding tert-OH is 1. The van der Waals surface area contributed by atoms with Crippen LogP contribution in [0.25, 0.3) is 16.6 Å². The molecule has 1 aromatic carbocycles. The minimum absolute atomic E-state index is 0.0273. The Morgan fingerprint density at radius 1 is 1.15 bits per heavy atom. The van der Waals surface area contributed by atoms with Gasteiger partial charge in [0.2, 0.25) is 0 Å². The number of H-pyrrole nitrogens is 1. The van der Waals surface area contributed by atoms with Crippen LogP contribution in [0.3, 0.4) is 0 Å². The highest BCUT2D eigenvalue weighted by Gasteiger charge is 2.21. The lowest BCUT2D eigenvalue weighted by Crippen LogP contribution is -2.35. The van der Waals surface area contributed by atoms with Crippen molar-refractivity contribution in [1.82, 2.24) is 29.9 Å². The fraction of sp³-hybridized carbons (Fsp3) is 0.391. The number of aromatic nitrogens is 6. The number of nitrogens with zero attached hydrogens (tertiary/aromatic N) is 5. The molecule has 3 aromatic rings. The second kappa shape index (κ2) is 10.1. The van der Waals surface area contributed by atoms with Crippen LogP contribution < -0.4 is 5.73 Å². The number of hydrogen-bond donors (Lipinski definition) is 5. The smallest absolute Gasteiger partial charge is 0.190 e. The topological polar surface area (TPSA) is 159 Å². The number of benzene rings is 1. The molecule has 0 amide bonds. The minimum Gasteiger partial charge on any atom is -0.391 e. The Bertz CT molecular complexity index is 1180. The molecule has 1 aliphatic carbocycles. The van der Waals surface area contributed by atoms with Crippen molar-refractivity contribution < 1.29 is 15.3 Å².